The Bertz CT molecular complexity index is 912. The monoisotopic (exact) mass is 462 g/mol. The highest BCUT2D eigenvalue weighted by Gasteiger charge is 2.39. The van der Waals surface area contributed by atoms with Crippen LogP contribution in [-0.4, -0.2) is 43.5 Å². The number of carbonyl (C=O) groups is 2. The third-order valence-corrected chi connectivity index (χ3v) is 5.95. The molecule has 30 heavy (non-hydrogen) atoms. The summed E-state index contributed by atoms with van der Waals surface area (Å²) < 4.78 is 104. The van der Waals surface area contributed by atoms with E-state index in [1.807, 2.05) is 0 Å². The van der Waals surface area contributed by atoms with E-state index in [1.165, 1.54) is 11.6 Å². The van der Waals surface area contributed by atoms with E-state index in [0.717, 1.165) is 4.90 Å². The topological polar surface area (TPSA) is 104 Å². The fourth-order valence-corrected chi connectivity index (χ4v) is 4.16. The van der Waals surface area contributed by atoms with E-state index in [9.17, 15) is 44.3 Å². The van der Waals surface area contributed by atoms with Crippen molar-refractivity contribution >= 4 is 22.0 Å². The van der Waals surface area contributed by atoms with Crippen molar-refractivity contribution in [1.82, 2.24) is 9.62 Å². The summed E-state index contributed by atoms with van der Waals surface area (Å²) in [6.07, 6.45) is -11.8. The van der Waals surface area contributed by atoms with Gasteiger partial charge in [0.25, 0.3) is 10.0 Å². The first kappa shape index (κ1) is 23.8. The lowest BCUT2D eigenvalue weighted by atomic mass is 9.86. The molecule has 0 saturated carbocycles. The molecule has 7 nitrogen and oxygen atoms in total. The van der Waals surface area contributed by atoms with E-state index in [4.69, 9.17) is 5.11 Å². The largest absolute Gasteiger partial charge is 0.465 e. The van der Waals surface area contributed by atoms with Gasteiger partial charge in [-0.1, -0.05) is 6.92 Å². The molecule has 168 valence electrons. The molecule has 1 heterocycles. The Morgan fingerprint density at radius 1 is 1.07 bits per heavy atom. The minimum atomic E-state index is -5.26. The van der Waals surface area contributed by atoms with Crippen LogP contribution in [0.15, 0.2) is 23.1 Å². The van der Waals surface area contributed by atoms with Crippen molar-refractivity contribution in [2.75, 3.05) is 13.1 Å². The molecule has 1 aromatic rings. The predicted octanol–water partition coefficient (Wildman–Crippen LogP) is 3.17. The Hall–Kier alpha value is -2.51. The predicted molar refractivity (Wildman–Crippen MR) is 88.6 cm³/mol. The molecular formula is C16H16F6N2O5S. The van der Waals surface area contributed by atoms with Crippen molar-refractivity contribution in [2.45, 2.75) is 30.6 Å². The fourth-order valence-electron chi connectivity index (χ4n) is 3.06. The van der Waals surface area contributed by atoms with Gasteiger partial charge in [-0.25, -0.2) is 17.9 Å². The maximum absolute atomic E-state index is 12.9. The number of halogens is 6. The fraction of sp³-hybridized carbons (Fsp3) is 0.500. The molecule has 1 aromatic carbocycles. The lowest BCUT2D eigenvalue weighted by Crippen LogP contribution is -2.48. The normalized spacial score (nSPS) is 20.7. The Labute approximate surface area is 166 Å². The molecule has 1 saturated heterocycles. The molecule has 0 aliphatic carbocycles. The summed E-state index contributed by atoms with van der Waals surface area (Å²) in [7, 11) is -5.06. The summed E-state index contributed by atoms with van der Waals surface area (Å²) in [5, 5.41) is 8.95. The molecule has 0 unspecified atom stereocenters. The first-order chi connectivity index (χ1) is 13.5. The second kappa shape index (κ2) is 7.96. The molecule has 2 amide bonds. The quantitative estimate of drug-likeness (QED) is 0.672. The van der Waals surface area contributed by atoms with Crippen molar-refractivity contribution in [3.8, 4) is 0 Å². The van der Waals surface area contributed by atoms with Gasteiger partial charge in [0.05, 0.1) is 16.0 Å². The summed E-state index contributed by atoms with van der Waals surface area (Å²) in [6, 6.07) is -0.229. The molecule has 14 heteroatoms. The summed E-state index contributed by atoms with van der Waals surface area (Å²) in [4.78, 5) is 22.9. The van der Waals surface area contributed by atoms with E-state index in [0.29, 0.717) is 0 Å². The van der Waals surface area contributed by atoms with Crippen LogP contribution in [0.4, 0.5) is 31.1 Å². The van der Waals surface area contributed by atoms with Gasteiger partial charge in [-0.3, -0.25) is 4.79 Å². The average Bonchev–Trinajstić information content (AvgIpc) is 2.59. The average molecular weight is 462 g/mol. The van der Waals surface area contributed by atoms with Gasteiger partial charge in [0, 0.05) is 19.0 Å². The third kappa shape index (κ3) is 5.34. The molecule has 1 aliphatic heterocycles. The summed E-state index contributed by atoms with van der Waals surface area (Å²) in [6.45, 7) is 1.30. The van der Waals surface area contributed by atoms with E-state index in [2.05, 4.69) is 0 Å². The smallest absolute Gasteiger partial charge is 0.416 e. The van der Waals surface area contributed by atoms with E-state index >= 15 is 0 Å². The second-order valence-electron chi connectivity index (χ2n) is 6.81. The van der Waals surface area contributed by atoms with Gasteiger partial charge in [-0.2, -0.15) is 26.3 Å². The number of nitrogens with one attached hydrogen (secondary N) is 1. The van der Waals surface area contributed by atoms with Crippen LogP contribution in [0.2, 0.25) is 0 Å². The van der Waals surface area contributed by atoms with Crippen molar-refractivity contribution in [3.05, 3.63) is 29.3 Å². The zero-order valence-corrected chi connectivity index (χ0v) is 16.0. The number of amides is 2. The standard InChI is InChI=1S/C16H16F6N2O5S/c1-8-7-24(14(26)27)3-2-12(8)13(25)23-30(28,29)11-5-9(15(17,18)19)4-10(6-11)16(20,21)22/h4-6,8,12H,2-3,7H2,1H3,(H,23,25)(H,26,27)/t8-,12+/m1/s1. The molecule has 0 radical (unpaired) electrons. The SMILES string of the molecule is C[C@@H]1CN(C(=O)O)CC[C@@H]1C(=O)NS(=O)(=O)c1cc(C(F)(F)F)cc(C(F)(F)F)c1. The summed E-state index contributed by atoms with van der Waals surface area (Å²) in [5.41, 5.74) is -3.68. The summed E-state index contributed by atoms with van der Waals surface area (Å²) in [5.74, 6) is -2.76. The number of hydrogen-bond donors (Lipinski definition) is 2. The van der Waals surface area contributed by atoms with E-state index < -0.39 is 62.2 Å². The van der Waals surface area contributed by atoms with Gasteiger partial charge in [0.1, 0.15) is 0 Å². The number of likely N-dealkylation sites (tertiary alicyclic amines) is 1. The van der Waals surface area contributed by atoms with Crippen LogP contribution in [0, 0.1) is 11.8 Å². The maximum atomic E-state index is 12.9. The van der Waals surface area contributed by atoms with E-state index in [-0.39, 0.29) is 37.7 Å². The number of rotatable bonds is 3. The van der Waals surface area contributed by atoms with Crippen molar-refractivity contribution in [1.29, 1.82) is 0 Å². The molecule has 2 N–H and O–H groups in total. The number of carboxylic acid groups (broad SMARTS) is 1. The molecule has 1 fully saturated rings. The van der Waals surface area contributed by atoms with E-state index in [1.54, 1.807) is 0 Å². The van der Waals surface area contributed by atoms with Crippen LogP contribution in [0.1, 0.15) is 24.5 Å². The lowest BCUT2D eigenvalue weighted by molar-refractivity contribution is -0.143. The molecule has 0 spiro atoms. The molecule has 2 atom stereocenters. The minimum absolute atomic E-state index is 0.00130. The first-order valence-electron chi connectivity index (χ1n) is 8.36. The van der Waals surface area contributed by atoms with Gasteiger partial charge in [-0.15, -0.1) is 0 Å². The molecular weight excluding hydrogens is 446 g/mol. The van der Waals surface area contributed by atoms with Crippen LogP contribution in [0.25, 0.3) is 0 Å². The Morgan fingerprint density at radius 2 is 1.57 bits per heavy atom. The number of sulfonamides is 1. The molecule has 2 rings (SSSR count). The number of piperidine rings is 1. The van der Waals surface area contributed by atoms with Crippen LogP contribution >= 0.6 is 0 Å². The number of carbonyl (C=O) groups excluding carboxylic acids is 1. The van der Waals surface area contributed by atoms with Crippen LogP contribution in [-0.2, 0) is 27.2 Å². The molecule has 1 aliphatic rings. The summed E-state index contributed by atoms with van der Waals surface area (Å²) >= 11 is 0. The Morgan fingerprint density at radius 3 is 1.97 bits per heavy atom. The van der Waals surface area contributed by atoms with Gasteiger partial charge < -0.3 is 10.0 Å². The third-order valence-electron chi connectivity index (χ3n) is 4.62. The number of benzene rings is 1. The van der Waals surface area contributed by atoms with Crippen LogP contribution < -0.4 is 4.72 Å². The highest BCUT2D eigenvalue weighted by atomic mass is 32.2. The van der Waals surface area contributed by atoms with Gasteiger partial charge in [-0.05, 0) is 30.5 Å². The zero-order valence-electron chi connectivity index (χ0n) is 15.2. The number of hydrogen-bond acceptors (Lipinski definition) is 4. The van der Waals surface area contributed by atoms with Gasteiger partial charge in [0.15, 0.2) is 0 Å². The Balaban J connectivity index is 2.33. The van der Waals surface area contributed by atoms with Gasteiger partial charge >= 0.3 is 18.4 Å². The van der Waals surface area contributed by atoms with Crippen LogP contribution in [0.5, 0.6) is 0 Å². The van der Waals surface area contributed by atoms with Crippen molar-refractivity contribution in [2.24, 2.45) is 11.8 Å². The van der Waals surface area contributed by atoms with Crippen LogP contribution in [0.3, 0.4) is 0 Å². The maximum Gasteiger partial charge on any atom is 0.416 e. The molecule has 0 bridgehead atoms. The zero-order chi connectivity index (χ0) is 23.1. The Kier molecular flexibility index (Phi) is 6.31. The first-order valence-corrected chi connectivity index (χ1v) is 9.84. The number of alkyl halides is 6. The highest BCUT2D eigenvalue weighted by Crippen LogP contribution is 2.37. The molecule has 0 aromatic heterocycles. The second-order valence-corrected chi connectivity index (χ2v) is 8.49. The lowest BCUT2D eigenvalue weighted by Gasteiger charge is -2.34. The minimum Gasteiger partial charge on any atom is -0.465 e. The number of nitrogens with zero attached hydrogens (tertiary/aromatic N) is 1. The highest BCUT2D eigenvalue weighted by molar-refractivity contribution is 7.90. The van der Waals surface area contributed by atoms with Gasteiger partial charge in [0.2, 0.25) is 5.91 Å². The van der Waals surface area contributed by atoms with Crippen molar-refractivity contribution in [3.63, 3.8) is 0 Å². The van der Waals surface area contributed by atoms with Crippen molar-refractivity contribution < 1.29 is 49.5 Å².